The lowest BCUT2D eigenvalue weighted by molar-refractivity contribution is -0.120. The van der Waals surface area contributed by atoms with E-state index in [0.717, 1.165) is 30.8 Å². The van der Waals surface area contributed by atoms with Crippen LogP contribution in [0.4, 0.5) is 11.4 Å². The van der Waals surface area contributed by atoms with E-state index in [9.17, 15) is 4.79 Å². The topological polar surface area (TPSA) is 49.6 Å². The molecule has 1 aliphatic heterocycles. The molecule has 4 nitrogen and oxygen atoms in total. The van der Waals surface area contributed by atoms with Crippen molar-refractivity contribution in [3.8, 4) is 0 Å². The largest absolute Gasteiger partial charge is 0.371 e. The molecule has 1 atom stereocenters. The zero-order valence-corrected chi connectivity index (χ0v) is 11.1. The molecule has 0 spiro atoms. The summed E-state index contributed by atoms with van der Waals surface area (Å²) in [5.74, 6) is 0.0393. The maximum absolute atomic E-state index is 12.3. The molecule has 0 fully saturated rings. The molecule has 0 bridgehead atoms. The number of nitrogens with two attached hydrogens (primary N) is 1. The SMILES string of the molecule is CCC[C@H](N)C(=O)N1CCN(C)c2ccccc21. The Morgan fingerprint density at radius 3 is 2.67 bits per heavy atom. The smallest absolute Gasteiger partial charge is 0.244 e. The predicted octanol–water partition coefficient (Wildman–Crippen LogP) is 1.60. The first kappa shape index (κ1) is 12.9. The van der Waals surface area contributed by atoms with Crippen LogP contribution in [0, 0.1) is 0 Å². The fraction of sp³-hybridized carbons (Fsp3) is 0.500. The molecular formula is C14H21N3O. The highest BCUT2D eigenvalue weighted by atomic mass is 16.2. The molecule has 1 heterocycles. The first-order valence-corrected chi connectivity index (χ1v) is 6.52. The number of carbonyl (C=O) groups excluding carboxylic acids is 1. The number of carbonyl (C=O) groups is 1. The van der Waals surface area contributed by atoms with Gasteiger partial charge in [0, 0.05) is 20.1 Å². The molecule has 0 unspecified atom stereocenters. The Labute approximate surface area is 108 Å². The van der Waals surface area contributed by atoms with Gasteiger partial charge in [0.15, 0.2) is 0 Å². The van der Waals surface area contributed by atoms with Crippen LogP contribution in [0.2, 0.25) is 0 Å². The summed E-state index contributed by atoms with van der Waals surface area (Å²) >= 11 is 0. The average Bonchev–Trinajstić information content (AvgIpc) is 2.39. The number of rotatable bonds is 3. The third kappa shape index (κ3) is 2.34. The van der Waals surface area contributed by atoms with Gasteiger partial charge >= 0.3 is 0 Å². The number of fused-ring (bicyclic) bond motifs is 1. The van der Waals surface area contributed by atoms with Gasteiger partial charge in [-0.1, -0.05) is 25.5 Å². The molecule has 2 N–H and O–H groups in total. The zero-order valence-electron chi connectivity index (χ0n) is 11.1. The van der Waals surface area contributed by atoms with Crippen molar-refractivity contribution in [1.82, 2.24) is 0 Å². The molecule has 0 saturated heterocycles. The molecule has 0 aromatic heterocycles. The van der Waals surface area contributed by atoms with Crippen molar-refractivity contribution in [2.24, 2.45) is 5.73 Å². The van der Waals surface area contributed by atoms with Gasteiger partial charge in [-0.15, -0.1) is 0 Å². The second kappa shape index (κ2) is 5.40. The van der Waals surface area contributed by atoms with E-state index in [4.69, 9.17) is 5.73 Å². The van der Waals surface area contributed by atoms with Crippen molar-refractivity contribution in [2.75, 3.05) is 29.9 Å². The summed E-state index contributed by atoms with van der Waals surface area (Å²) in [5.41, 5.74) is 8.02. The summed E-state index contributed by atoms with van der Waals surface area (Å²) in [6, 6.07) is 7.60. The Morgan fingerprint density at radius 1 is 1.33 bits per heavy atom. The molecule has 18 heavy (non-hydrogen) atoms. The molecule has 98 valence electrons. The molecule has 0 aliphatic carbocycles. The number of anilines is 2. The molecular weight excluding hydrogens is 226 g/mol. The van der Waals surface area contributed by atoms with Crippen molar-refractivity contribution >= 4 is 17.3 Å². The van der Waals surface area contributed by atoms with E-state index in [0.29, 0.717) is 6.54 Å². The van der Waals surface area contributed by atoms with Crippen LogP contribution in [-0.2, 0) is 4.79 Å². The maximum Gasteiger partial charge on any atom is 0.244 e. The molecule has 1 aliphatic rings. The van der Waals surface area contributed by atoms with Crippen LogP contribution >= 0.6 is 0 Å². The van der Waals surface area contributed by atoms with Crippen molar-refractivity contribution in [1.29, 1.82) is 0 Å². The van der Waals surface area contributed by atoms with Crippen LogP contribution in [0.15, 0.2) is 24.3 Å². The second-order valence-electron chi connectivity index (χ2n) is 4.80. The van der Waals surface area contributed by atoms with Crippen molar-refractivity contribution in [3.63, 3.8) is 0 Å². The van der Waals surface area contributed by atoms with Gasteiger partial charge in [-0.2, -0.15) is 0 Å². The Balaban J connectivity index is 2.26. The monoisotopic (exact) mass is 247 g/mol. The summed E-state index contributed by atoms with van der Waals surface area (Å²) in [6.45, 7) is 3.61. The van der Waals surface area contributed by atoms with Gasteiger partial charge in [-0.3, -0.25) is 4.79 Å². The van der Waals surface area contributed by atoms with Crippen LogP contribution in [-0.4, -0.2) is 32.1 Å². The van der Waals surface area contributed by atoms with Gasteiger partial charge in [0.1, 0.15) is 0 Å². The summed E-state index contributed by atoms with van der Waals surface area (Å²) in [6.07, 6.45) is 1.68. The number of likely N-dealkylation sites (N-methyl/N-ethyl adjacent to an activating group) is 1. The summed E-state index contributed by atoms with van der Waals surface area (Å²) in [7, 11) is 2.05. The Kier molecular flexibility index (Phi) is 3.87. The van der Waals surface area contributed by atoms with E-state index < -0.39 is 0 Å². The summed E-state index contributed by atoms with van der Waals surface area (Å²) < 4.78 is 0. The summed E-state index contributed by atoms with van der Waals surface area (Å²) in [5, 5.41) is 0. The van der Waals surface area contributed by atoms with E-state index in [1.54, 1.807) is 0 Å². The lowest BCUT2D eigenvalue weighted by atomic mass is 10.1. The molecule has 1 aromatic carbocycles. The fourth-order valence-corrected chi connectivity index (χ4v) is 2.37. The van der Waals surface area contributed by atoms with Gasteiger partial charge in [0.05, 0.1) is 17.4 Å². The zero-order chi connectivity index (χ0) is 13.1. The standard InChI is InChI=1S/C14H21N3O/c1-3-6-11(15)14(18)17-10-9-16(2)12-7-4-5-8-13(12)17/h4-5,7-8,11H,3,6,9-10,15H2,1-2H3/t11-/m0/s1. The van der Waals surface area contributed by atoms with Gasteiger partial charge < -0.3 is 15.5 Å². The van der Waals surface area contributed by atoms with E-state index in [2.05, 4.69) is 4.90 Å². The third-order valence-electron chi connectivity index (χ3n) is 3.43. The van der Waals surface area contributed by atoms with Crippen molar-refractivity contribution < 1.29 is 4.79 Å². The minimum absolute atomic E-state index is 0.0393. The van der Waals surface area contributed by atoms with Crippen molar-refractivity contribution in [3.05, 3.63) is 24.3 Å². The number of nitrogens with zero attached hydrogens (tertiary/aromatic N) is 2. The van der Waals surface area contributed by atoms with E-state index in [1.165, 1.54) is 0 Å². The number of hydrogen-bond acceptors (Lipinski definition) is 3. The Hall–Kier alpha value is -1.55. The van der Waals surface area contributed by atoms with Crippen LogP contribution < -0.4 is 15.5 Å². The molecule has 0 saturated carbocycles. The lowest BCUT2D eigenvalue weighted by Crippen LogP contribution is -2.49. The van der Waals surface area contributed by atoms with Crippen LogP contribution in [0.5, 0.6) is 0 Å². The highest BCUT2D eigenvalue weighted by molar-refractivity contribution is 6.00. The Morgan fingerprint density at radius 2 is 2.00 bits per heavy atom. The van der Waals surface area contributed by atoms with E-state index in [1.807, 2.05) is 43.1 Å². The summed E-state index contributed by atoms with van der Waals surface area (Å²) in [4.78, 5) is 16.3. The van der Waals surface area contributed by atoms with Gasteiger partial charge in [-0.05, 0) is 18.6 Å². The lowest BCUT2D eigenvalue weighted by Gasteiger charge is -2.36. The first-order valence-electron chi connectivity index (χ1n) is 6.52. The fourth-order valence-electron chi connectivity index (χ4n) is 2.37. The normalized spacial score (nSPS) is 16.4. The maximum atomic E-state index is 12.3. The minimum Gasteiger partial charge on any atom is -0.371 e. The van der Waals surface area contributed by atoms with Crippen LogP contribution in [0.1, 0.15) is 19.8 Å². The van der Waals surface area contributed by atoms with E-state index >= 15 is 0 Å². The third-order valence-corrected chi connectivity index (χ3v) is 3.43. The highest BCUT2D eigenvalue weighted by Gasteiger charge is 2.27. The quantitative estimate of drug-likeness (QED) is 0.882. The predicted molar refractivity (Wildman–Crippen MR) is 74.9 cm³/mol. The number of para-hydroxylation sites is 2. The van der Waals surface area contributed by atoms with Gasteiger partial charge in [0.2, 0.25) is 5.91 Å². The average molecular weight is 247 g/mol. The second-order valence-corrected chi connectivity index (χ2v) is 4.80. The minimum atomic E-state index is -0.383. The molecule has 1 aromatic rings. The highest BCUT2D eigenvalue weighted by Crippen LogP contribution is 2.32. The molecule has 4 heteroatoms. The van der Waals surface area contributed by atoms with Gasteiger partial charge in [0.25, 0.3) is 0 Å². The van der Waals surface area contributed by atoms with Crippen LogP contribution in [0.3, 0.4) is 0 Å². The Bertz CT molecular complexity index is 433. The number of benzene rings is 1. The molecule has 0 radical (unpaired) electrons. The molecule has 2 rings (SSSR count). The molecule has 1 amide bonds. The van der Waals surface area contributed by atoms with E-state index in [-0.39, 0.29) is 11.9 Å². The van der Waals surface area contributed by atoms with Crippen LogP contribution in [0.25, 0.3) is 0 Å². The number of hydrogen-bond donors (Lipinski definition) is 1. The van der Waals surface area contributed by atoms with Gasteiger partial charge in [-0.25, -0.2) is 0 Å². The first-order chi connectivity index (χ1) is 8.65. The van der Waals surface area contributed by atoms with Crippen molar-refractivity contribution in [2.45, 2.75) is 25.8 Å². The number of amides is 1.